The highest BCUT2D eigenvalue weighted by atomic mass is 33.1. The highest BCUT2D eigenvalue weighted by Crippen LogP contribution is 2.36. The van der Waals surface area contributed by atoms with Gasteiger partial charge in [0.1, 0.15) is 0 Å². The van der Waals surface area contributed by atoms with Gasteiger partial charge in [0, 0.05) is 5.75 Å². The molecule has 2 nitrogen and oxygen atoms in total. The second-order valence-corrected chi connectivity index (χ2v) is 9.19. The van der Waals surface area contributed by atoms with Crippen molar-refractivity contribution in [3.05, 3.63) is 11.5 Å². The minimum absolute atomic E-state index is 0.223. The Morgan fingerprint density at radius 3 is 2.44 bits per heavy atom. The minimum Gasteiger partial charge on any atom is -0.229 e. The van der Waals surface area contributed by atoms with Gasteiger partial charge in [0.15, 0.2) is 9.84 Å². The fourth-order valence-electron chi connectivity index (χ4n) is 1.40. The van der Waals surface area contributed by atoms with E-state index in [1.54, 1.807) is 16.9 Å². The van der Waals surface area contributed by atoms with Gasteiger partial charge in [-0.05, 0) is 42.9 Å². The lowest BCUT2D eigenvalue weighted by atomic mass is 10.5. The van der Waals surface area contributed by atoms with Crippen LogP contribution in [0.25, 0.3) is 0 Å². The summed E-state index contributed by atoms with van der Waals surface area (Å²) in [7, 11) is 0.685. The van der Waals surface area contributed by atoms with E-state index in [9.17, 15) is 8.42 Å². The van der Waals surface area contributed by atoms with Crippen LogP contribution in [0.15, 0.2) is 11.5 Å². The molecule has 0 saturated heterocycles. The highest BCUT2D eigenvalue weighted by Gasteiger charge is 2.27. The molecule has 0 bridgehead atoms. The quantitative estimate of drug-likeness (QED) is 0.505. The molecule has 92 valence electrons. The molecule has 2 saturated carbocycles. The molecule has 2 aliphatic carbocycles. The molecule has 2 fully saturated rings. The average Bonchev–Trinajstić information content (AvgIpc) is 3.04. The van der Waals surface area contributed by atoms with Crippen molar-refractivity contribution in [2.24, 2.45) is 11.8 Å². The number of rotatable bonds is 8. The Labute approximate surface area is 106 Å². The summed E-state index contributed by atoms with van der Waals surface area (Å²) in [6, 6.07) is 0. The molecule has 0 heterocycles. The summed E-state index contributed by atoms with van der Waals surface area (Å²) in [5.41, 5.74) is 0. The van der Waals surface area contributed by atoms with E-state index in [1.165, 1.54) is 18.6 Å². The summed E-state index contributed by atoms with van der Waals surface area (Å²) < 4.78 is 23.1. The third kappa shape index (κ3) is 5.64. The smallest absolute Gasteiger partial charge is 0.154 e. The van der Waals surface area contributed by atoms with Crippen molar-refractivity contribution in [2.45, 2.75) is 25.7 Å². The first-order valence-corrected chi connectivity index (χ1v) is 10.00. The molecule has 0 unspecified atom stereocenters. The molecule has 0 radical (unpaired) electrons. The summed E-state index contributed by atoms with van der Waals surface area (Å²) in [4.78, 5) is 0. The molecule has 16 heavy (non-hydrogen) atoms. The van der Waals surface area contributed by atoms with E-state index < -0.39 is 9.84 Å². The molecule has 2 rings (SSSR count). The van der Waals surface area contributed by atoms with Crippen LogP contribution >= 0.6 is 21.6 Å². The van der Waals surface area contributed by atoms with Gasteiger partial charge < -0.3 is 0 Å². The number of sulfone groups is 1. The van der Waals surface area contributed by atoms with Crippen LogP contribution in [0.2, 0.25) is 0 Å². The third-order valence-corrected chi connectivity index (χ3v) is 6.63. The first-order chi connectivity index (χ1) is 7.66. The number of hydrogen-bond donors (Lipinski definition) is 0. The van der Waals surface area contributed by atoms with E-state index in [0.29, 0.717) is 11.7 Å². The van der Waals surface area contributed by atoms with Crippen molar-refractivity contribution in [1.82, 2.24) is 0 Å². The maximum atomic E-state index is 11.6. The van der Waals surface area contributed by atoms with Crippen molar-refractivity contribution < 1.29 is 8.42 Å². The van der Waals surface area contributed by atoms with Crippen molar-refractivity contribution in [2.75, 3.05) is 17.3 Å². The van der Waals surface area contributed by atoms with E-state index in [-0.39, 0.29) is 5.75 Å². The fraction of sp³-hybridized carbons (Fsp3) is 0.818. The predicted molar refractivity (Wildman–Crippen MR) is 73.3 cm³/mol. The van der Waals surface area contributed by atoms with Gasteiger partial charge in [-0.25, -0.2) is 8.42 Å². The van der Waals surface area contributed by atoms with Crippen molar-refractivity contribution in [3.8, 4) is 0 Å². The van der Waals surface area contributed by atoms with Crippen LogP contribution in [0.1, 0.15) is 25.7 Å². The SMILES string of the molecule is O=S(=O)(CC=CSSCC1CC1)CC1CC1. The summed E-state index contributed by atoms with van der Waals surface area (Å²) in [5.74, 6) is 3.24. The van der Waals surface area contributed by atoms with Crippen LogP contribution in [-0.2, 0) is 9.84 Å². The van der Waals surface area contributed by atoms with Crippen LogP contribution in [0.4, 0.5) is 0 Å². The lowest BCUT2D eigenvalue weighted by molar-refractivity contribution is 0.595. The summed E-state index contributed by atoms with van der Waals surface area (Å²) in [6.45, 7) is 0. The highest BCUT2D eigenvalue weighted by molar-refractivity contribution is 8.77. The zero-order valence-corrected chi connectivity index (χ0v) is 11.7. The lowest BCUT2D eigenvalue weighted by Crippen LogP contribution is -2.10. The normalized spacial score (nSPS) is 21.8. The topological polar surface area (TPSA) is 34.1 Å². The molecule has 0 amide bonds. The predicted octanol–water partition coefficient (Wildman–Crippen LogP) is 3.12. The van der Waals surface area contributed by atoms with E-state index in [1.807, 2.05) is 16.2 Å². The molecule has 0 spiro atoms. The standard InChI is InChI=1S/C11H18O2S3/c12-16(13,9-11-4-5-11)7-1-6-14-15-8-10-2-3-10/h1,6,10-11H,2-5,7-9H2. The largest absolute Gasteiger partial charge is 0.229 e. The second kappa shape index (κ2) is 5.83. The molecule has 0 aromatic rings. The molecule has 2 aliphatic rings. The molecule has 0 aliphatic heterocycles. The van der Waals surface area contributed by atoms with Gasteiger partial charge in [-0.15, -0.1) is 0 Å². The lowest BCUT2D eigenvalue weighted by Gasteiger charge is -1.98. The maximum Gasteiger partial charge on any atom is 0.154 e. The van der Waals surface area contributed by atoms with Gasteiger partial charge in [-0.3, -0.25) is 0 Å². The van der Waals surface area contributed by atoms with Crippen LogP contribution < -0.4 is 0 Å². The Kier molecular flexibility index (Phi) is 4.67. The average molecular weight is 278 g/mol. The van der Waals surface area contributed by atoms with Gasteiger partial charge >= 0.3 is 0 Å². The van der Waals surface area contributed by atoms with Gasteiger partial charge in [0.05, 0.1) is 11.5 Å². The molecular weight excluding hydrogens is 260 g/mol. The molecule has 0 N–H and O–H groups in total. The van der Waals surface area contributed by atoms with Gasteiger partial charge in [0.2, 0.25) is 0 Å². The second-order valence-electron chi connectivity index (χ2n) is 4.72. The Morgan fingerprint density at radius 1 is 1.12 bits per heavy atom. The van der Waals surface area contributed by atoms with Crippen LogP contribution in [-0.4, -0.2) is 25.7 Å². The van der Waals surface area contributed by atoms with Gasteiger partial charge in [-0.1, -0.05) is 27.7 Å². The van der Waals surface area contributed by atoms with Crippen LogP contribution in [0, 0.1) is 11.8 Å². The zero-order chi connectivity index (χ0) is 11.4. The van der Waals surface area contributed by atoms with Crippen molar-refractivity contribution in [1.29, 1.82) is 0 Å². The van der Waals surface area contributed by atoms with Crippen LogP contribution in [0.3, 0.4) is 0 Å². The first kappa shape index (κ1) is 12.8. The maximum absolute atomic E-state index is 11.6. The number of hydrogen-bond acceptors (Lipinski definition) is 4. The van der Waals surface area contributed by atoms with Gasteiger partial charge in [0.25, 0.3) is 0 Å². The molecule has 0 atom stereocenters. The molecule has 0 aromatic carbocycles. The molecule has 5 heteroatoms. The first-order valence-electron chi connectivity index (χ1n) is 5.79. The monoisotopic (exact) mass is 278 g/mol. The Balaban J connectivity index is 1.55. The summed E-state index contributed by atoms with van der Waals surface area (Å²) in [5, 5.41) is 1.93. The van der Waals surface area contributed by atoms with E-state index in [2.05, 4.69) is 0 Å². The van der Waals surface area contributed by atoms with Crippen molar-refractivity contribution in [3.63, 3.8) is 0 Å². The van der Waals surface area contributed by atoms with Crippen molar-refractivity contribution >= 4 is 31.4 Å². The summed E-state index contributed by atoms with van der Waals surface area (Å²) in [6.07, 6.45) is 6.77. The Hall–Kier alpha value is 0.390. The van der Waals surface area contributed by atoms with E-state index >= 15 is 0 Å². The van der Waals surface area contributed by atoms with E-state index in [0.717, 1.165) is 18.8 Å². The summed E-state index contributed by atoms with van der Waals surface area (Å²) >= 11 is 0. The van der Waals surface area contributed by atoms with Gasteiger partial charge in [-0.2, -0.15) is 0 Å². The van der Waals surface area contributed by atoms with Crippen LogP contribution in [0.5, 0.6) is 0 Å². The Morgan fingerprint density at radius 2 is 1.81 bits per heavy atom. The molecule has 0 aromatic heterocycles. The molecular formula is C11H18O2S3. The zero-order valence-electron chi connectivity index (χ0n) is 9.30. The Bertz CT molecular complexity index is 340. The minimum atomic E-state index is -2.82. The fourth-order valence-corrected chi connectivity index (χ4v) is 5.24. The van der Waals surface area contributed by atoms with E-state index in [4.69, 9.17) is 0 Å². The third-order valence-electron chi connectivity index (χ3n) is 2.76.